The lowest BCUT2D eigenvalue weighted by atomic mass is 10.0. The van der Waals surface area contributed by atoms with E-state index in [1.165, 1.54) is 5.56 Å². The third-order valence-electron chi connectivity index (χ3n) is 3.46. The number of nitrogens with one attached hydrogen (secondary N) is 1. The maximum atomic E-state index is 5.38. The quantitative estimate of drug-likeness (QED) is 0.779. The van der Waals surface area contributed by atoms with Gasteiger partial charge in [0, 0.05) is 12.5 Å². The zero-order valence-electron chi connectivity index (χ0n) is 12.0. The van der Waals surface area contributed by atoms with E-state index in [0.29, 0.717) is 23.9 Å². The molecule has 0 saturated heterocycles. The summed E-state index contributed by atoms with van der Waals surface area (Å²) in [5.74, 6) is 1.74. The van der Waals surface area contributed by atoms with E-state index in [2.05, 4.69) is 27.6 Å². The van der Waals surface area contributed by atoms with E-state index in [0.717, 1.165) is 5.56 Å². The fraction of sp³-hybridized carbons (Fsp3) is 0.250. The van der Waals surface area contributed by atoms with Gasteiger partial charge < -0.3 is 14.3 Å². The van der Waals surface area contributed by atoms with Crippen LogP contribution in [-0.2, 0) is 6.42 Å². The summed E-state index contributed by atoms with van der Waals surface area (Å²) in [4.78, 5) is 4.42. The maximum Gasteiger partial charge on any atom is 0.238 e. The molecule has 0 bridgehead atoms. The summed E-state index contributed by atoms with van der Waals surface area (Å²) in [5.41, 5.74) is 2.18. The van der Waals surface area contributed by atoms with Crippen LogP contribution in [0.2, 0.25) is 0 Å². The van der Waals surface area contributed by atoms with Crippen molar-refractivity contribution in [1.82, 2.24) is 15.5 Å². The fourth-order valence-corrected chi connectivity index (χ4v) is 2.28. The largest absolute Gasteiger partial charge is 0.461 e. The Bertz CT molecular complexity index is 703. The number of hydrogen-bond acceptors (Lipinski definition) is 5. The molecule has 0 fully saturated rings. The smallest absolute Gasteiger partial charge is 0.238 e. The second-order valence-corrected chi connectivity index (χ2v) is 4.90. The number of likely N-dealkylation sites (N-methyl/N-ethyl adjacent to an activating group) is 1. The standard InChI is InChI=1S/C16H17N3O2/c1-11-8-9-20-15(11)16-18-14(21-19-16)10-13(17-2)12-6-4-3-5-7-12/h3-9,13,17H,10H2,1-2H3. The van der Waals surface area contributed by atoms with Crippen molar-refractivity contribution in [3.05, 3.63) is 59.7 Å². The van der Waals surface area contributed by atoms with Crippen LogP contribution in [0.15, 0.2) is 51.6 Å². The zero-order chi connectivity index (χ0) is 14.7. The van der Waals surface area contributed by atoms with E-state index >= 15 is 0 Å². The fourth-order valence-electron chi connectivity index (χ4n) is 2.28. The number of aromatic nitrogens is 2. The Kier molecular flexibility index (Phi) is 3.83. The molecule has 108 valence electrons. The molecule has 0 amide bonds. The van der Waals surface area contributed by atoms with Gasteiger partial charge in [0.1, 0.15) is 0 Å². The van der Waals surface area contributed by atoms with Crippen molar-refractivity contribution < 1.29 is 8.94 Å². The molecule has 21 heavy (non-hydrogen) atoms. The molecule has 0 spiro atoms. The third kappa shape index (κ3) is 2.87. The number of aryl methyl sites for hydroxylation is 1. The maximum absolute atomic E-state index is 5.38. The number of benzene rings is 1. The molecule has 1 atom stereocenters. The summed E-state index contributed by atoms with van der Waals surface area (Å²) in [5, 5.41) is 7.26. The van der Waals surface area contributed by atoms with Gasteiger partial charge in [-0.25, -0.2) is 0 Å². The van der Waals surface area contributed by atoms with Gasteiger partial charge in [-0.1, -0.05) is 35.5 Å². The number of nitrogens with zero attached hydrogens (tertiary/aromatic N) is 2. The van der Waals surface area contributed by atoms with Gasteiger partial charge >= 0.3 is 0 Å². The summed E-state index contributed by atoms with van der Waals surface area (Å²) in [6.45, 7) is 1.95. The summed E-state index contributed by atoms with van der Waals surface area (Å²) in [7, 11) is 1.92. The monoisotopic (exact) mass is 283 g/mol. The van der Waals surface area contributed by atoms with Crippen LogP contribution in [0.4, 0.5) is 0 Å². The molecule has 0 aliphatic carbocycles. The minimum Gasteiger partial charge on any atom is -0.461 e. The lowest BCUT2D eigenvalue weighted by Gasteiger charge is -2.13. The minimum atomic E-state index is 0.136. The second kappa shape index (κ2) is 5.93. The molecule has 3 aromatic rings. The van der Waals surface area contributed by atoms with Crippen LogP contribution in [0.1, 0.15) is 23.1 Å². The molecular formula is C16H17N3O2. The average Bonchev–Trinajstić information content (AvgIpc) is 3.14. The van der Waals surface area contributed by atoms with Crippen LogP contribution in [0.25, 0.3) is 11.6 Å². The molecule has 3 rings (SSSR count). The predicted octanol–water partition coefficient (Wildman–Crippen LogP) is 3.14. The zero-order valence-corrected chi connectivity index (χ0v) is 12.0. The van der Waals surface area contributed by atoms with Crippen molar-refractivity contribution in [2.45, 2.75) is 19.4 Å². The highest BCUT2D eigenvalue weighted by molar-refractivity contribution is 5.50. The number of furan rings is 1. The Morgan fingerprint density at radius 1 is 1.19 bits per heavy atom. The van der Waals surface area contributed by atoms with Crippen LogP contribution in [0.3, 0.4) is 0 Å². The summed E-state index contributed by atoms with van der Waals surface area (Å²) >= 11 is 0. The first kappa shape index (κ1) is 13.6. The van der Waals surface area contributed by atoms with Crippen molar-refractivity contribution in [2.24, 2.45) is 0 Å². The minimum absolute atomic E-state index is 0.136. The van der Waals surface area contributed by atoms with Crippen LogP contribution >= 0.6 is 0 Å². The van der Waals surface area contributed by atoms with Crippen LogP contribution < -0.4 is 5.32 Å². The first-order valence-corrected chi connectivity index (χ1v) is 6.87. The predicted molar refractivity (Wildman–Crippen MR) is 78.7 cm³/mol. The van der Waals surface area contributed by atoms with Crippen LogP contribution in [-0.4, -0.2) is 17.2 Å². The Morgan fingerprint density at radius 2 is 2.00 bits per heavy atom. The molecule has 1 unspecified atom stereocenters. The van der Waals surface area contributed by atoms with Gasteiger partial charge in [0.05, 0.1) is 6.26 Å². The molecule has 1 N–H and O–H groups in total. The Labute approximate surface area is 123 Å². The number of rotatable bonds is 5. The molecule has 5 nitrogen and oxygen atoms in total. The number of hydrogen-bond donors (Lipinski definition) is 1. The normalized spacial score (nSPS) is 12.5. The van der Waals surface area contributed by atoms with Crippen molar-refractivity contribution in [2.75, 3.05) is 7.05 Å². The van der Waals surface area contributed by atoms with Crippen LogP contribution in [0.5, 0.6) is 0 Å². The van der Waals surface area contributed by atoms with E-state index < -0.39 is 0 Å². The molecule has 0 aliphatic heterocycles. The Balaban J connectivity index is 1.79. The van der Waals surface area contributed by atoms with E-state index in [1.807, 2.05) is 38.2 Å². The van der Waals surface area contributed by atoms with Gasteiger partial charge in [-0.05, 0) is 31.2 Å². The van der Waals surface area contributed by atoms with Crippen molar-refractivity contribution in [1.29, 1.82) is 0 Å². The topological polar surface area (TPSA) is 64.1 Å². The first-order chi connectivity index (χ1) is 10.3. The van der Waals surface area contributed by atoms with Gasteiger partial charge in [0.25, 0.3) is 0 Å². The SMILES string of the molecule is CNC(Cc1nc(-c2occc2C)no1)c1ccccc1. The Hall–Kier alpha value is -2.40. The highest BCUT2D eigenvalue weighted by atomic mass is 16.5. The van der Waals surface area contributed by atoms with Gasteiger partial charge in [0.2, 0.25) is 11.7 Å². The van der Waals surface area contributed by atoms with Gasteiger partial charge in [-0.2, -0.15) is 4.98 Å². The van der Waals surface area contributed by atoms with Crippen molar-refractivity contribution in [3.8, 4) is 11.6 Å². The van der Waals surface area contributed by atoms with Gasteiger partial charge in [-0.15, -0.1) is 0 Å². The third-order valence-corrected chi connectivity index (χ3v) is 3.46. The molecule has 0 aliphatic rings. The molecular weight excluding hydrogens is 266 g/mol. The van der Waals surface area contributed by atoms with Crippen molar-refractivity contribution >= 4 is 0 Å². The van der Waals surface area contributed by atoms with Gasteiger partial charge in [-0.3, -0.25) is 0 Å². The molecule has 2 aromatic heterocycles. The second-order valence-electron chi connectivity index (χ2n) is 4.90. The van der Waals surface area contributed by atoms with Gasteiger partial charge in [0.15, 0.2) is 5.76 Å². The summed E-state index contributed by atoms with van der Waals surface area (Å²) < 4.78 is 10.7. The summed E-state index contributed by atoms with van der Waals surface area (Å²) in [6, 6.07) is 12.2. The highest BCUT2D eigenvalue weighted by Gasteiger charge is 2.17. The Morgan fingerprint density at radius 3 is 2.67 bits per heavy atom. The van der Waals surface area contributed by atoms with E-state index in [4.69, 9.17) is 8.94 Å². The molecule has 5 heteroatoms. The first-order valence-electron chi connectivity index (χ1n) is 6.87. The summed E-state index contributed by atoms with van der Waals surface area (Å²) in [6.07, 6.45) is 2.26. The molecule has 0 radical (unpaired) electrons. The van der Waals surface area contributed by atoms with E-state index in [9.17, 15) is 0 Å². The van der Waals surface area contributed by atoms with Crippen molar-refractivity contribution in [3.63, 3.8) is 0 Å². The van der Waals surface area contributed by atoms with E-state index in [1.54, 1.807) is 6.26 Å². The molecule has 2 heterocycles. The molecule has 1 aromatic carbocycles. The average molecular weight is 283 g/mol. The van der Waals surface area contributed by atoms with E-state index in [-0.39, 0.29) is 6.04 Å². The molecule has 0 saturated carbocycles. The lowest BCUT2D eigenvalue weighted by Crippen LogP contribution is -2.18. The highest BCUT2D eigenvalue weighted by Crippen LogP contribution is 2.23. The van der Waals surface area contributed by atoms with Crippen LogP contribution in [0, 0.1) is 6.92 Å². The lowest BCUT2D eigenvalue weighted by molar-refractivity contribution is 0.362.